The molecule has 33 heavy (non-hydrogen) atoms. The Hall–Kier alpha value is -2.93. The number of pyridine rings is 2. The van der Waals surface area contributed by atoms with Crippen LogP contribution in [0, 0.1) is 26.1 Å². The van der Waals surface area contributed by atoms with Crippen molar-refractivity contribution in [3.63, 3.8) is 0 Å². The summed E-state index contributed by atoms with van der Waals surface area (Å²) < 4.78 is 39.7. The van der Waals surface area contributed by atoms with Gasteiger partial charge < -0.3 is 9.67 Å². The second-order valence-corrected chi connectivity index (χ2v) is 7.81. The summed E-state index contributed by atoms with van der Waals surface area (Å²) >= 11 is 0. The van der Waals surface area contributed by atoms with Crippen molar-refractivity contribution in [2.75, 3.05) is 0 Å². The Morgan fingerprint density at radius 3 is 2.15 bits per heavy atom. The molecule has 0 fully saturated rings. The van der Waals surface area contributed by atoms with Crippen LogP contribution >= 0.6 is 0 Å². The Morgan fingerprint density at radius 1 is 0.848 bits per heavy atom. The predicted molar refractivity (Wildman–Crippen MR) is 111 cm³/mol. The fraction of sp³-hybridized carbons (Fsp3) is 0.261. The van der Waals surface area contributed by atoms with E-state index in [0.29, 0.717) is 22.9 Å². The Morgan fingerprint density at radius 2 is 1.52 bits per heavy atom. The largest absolute Gasteiger partial charge is 2.00 e. The molecule has 4 aromatic heterocycles. The fourth-order valence-electron chi connectivity index (χ4n) is 3.26. The molecule has 0 amide bonds. The van der Waals surface area contributed by atoms with Gasteiger partial charge >= 0.3 is 27.2 Å². The minimum Gasteiger partial charge on any atom is -0.345 e. The third-order valence-corrected chi connectivity index (χ3v) is 4.95. The maximum Gasteiger partial charge on any atom is 2.00 e. The number of hydrogen-bond donors (Lipinski definition) is 0. The zero-order valence-corrected chi connectivity index (χ0v) is 20.4. The van der Waals surface area contributed by atoms with Crippen LogP contribution in [0.15, 0.2) is 42.5 Å². The van der Waals surface area contributed by atoms with Gasteiger partial charge in [-0.25, -0.2) is 0 Å². The van der Waals surface area contributed by atoms with E-state index in [1.807, 2.05) is 45.9 Å². The zero-order valence-electron chi connectivity index (χ0n) is 18.2. The molecule has 0 saturated carbocycles. The summed E-state index contributed by atoms with van der Waals surface area (Å²) in [5.74, 6) is 0.864. The van der Waals surface area contributed by atoms with E-state index in [2.05, 4.69) is 32.3 Å². The van der Waals surface area contributed by atoms with Crippen LogP contribution in [0.25, 0.3) is 17.2 Å². The molecule has 0 spiro atoms. The molecule has 0 saturated heterocycles. The number of aromatic nitrogens is 6. The van der Waals surface area contributed by atoms with Gasteiger partial charge in [0.2, 0.25) is 0 Å². The first-order chi connectivity index (χ1) is 15.0. The summed E-state index contributed by atoms with van der Waals surface area (Å²) in [6.45, 7) is 7.54. The first-order valence-electron chi connectivity index (χ1n) is 9.79. The van der Waals surface area contributed by atoms with Crippen LogP contribution in [0.5, 0.6) is 0 Å². The van der Waals surface area contributed by atoms with E-state index in [1.165, 1.54) is 0 Å². The van der Waals surface area contributed by atoms with Crippen LogP contribution < -0.4 is 0 Å². The molecule has 0 unspecified atom stereocenters. The van der Waals surface area contributed by atoms with Crippen molar-refractivity contribution in [1.82, 2.24) is 29.7 Å². The molecule has 4 rings (SSSR count). The van der Waals surface area contributed by atoms with Crippen LogP contribution in [0.3, 0.4) is 0 Å². The van der Waals surface area contributed by atoms with E-state index >= 15 is 0 Å². The SMILES string of the molecule is Cc1[c-]c(-c2cccc(C(C)(C)c3cccc(-n4[c-]cc(C(F)(F)F)n4)n3)n2)nc(C)n1.[Pt+2]. The second-order valence-electron chi connectivity index (χ2n) is 7.81. The van der Waals surface area contributed by atoms with Crippen molar-refractivity contribution in [3.05, 3.63) is 83.3 Å². The molecule has 0 radical (unpaired) electrons. The molecule has 4 aromatic rings. The molecule has 4 heterocycles. The van der Waals surface area contributed by atoms with Gasteiger partial charge in [-0.1, -0.05) is 35.8 Å². The molecule has 6 nitrogen and oxygen atoms in total. The summed E-state index contributed by atoms with van der Waals surface area (Å²) in [5, 5.41) is 3.56. The van der Waals surface area contributed by atoms with E-state index < -0.39 is 17.3 Å². The minimum absolute atomic E-state index is 0. The second kappa shape index (κ2) is 9.14. The van der Waals surface area contributed by atoms with Gasteiger partial charge in [-0.15, -0.1) is 12.1 Å². The number of nitrogens with zero attached hydrogens (tertiary/aromatic N) is 6. The van der Waals surface area contributed by atoms with Gasteiger partial charge in [0.05, 0.1) is 11.5 Å². The van der Waals surface area contributed by atoms with Gasteiger partial charge in [-0.05, 0) is 45.5 Å². The maximum absolute atomic E-state index is 12.9. The Balaban J connectivity index is 0.00000306. The third kappa shape index (κ3) is 5.19. The first-order valence-corrected chi connectivity index (χ1v) is 9.79. The average Bonchev–Trinajstić information content (AvgIpc) is 3.24. The minimum atomic E-state index is -4.54. The summed E-state index contributed by atoms with van der Waals surface area (Å²) in [6, 6.07) is 14.6. The van der Waals surface area contributed by atoms with Gasteiger partial charge in [-0.3, -0.25) is 20.1 Å². The monoisotopic (exact) mass is 631 g/mol. The van der Waals surface area contributed by atoms with Gasteiger partial charge in [0.15, 0.2) is 0 Å². The van der Waals surface area contributed by atoms with Gasteiger partial charge in [0.25, 0.3) is 0 Å². The first kappa shape index (κ1) is 24.7. The van der Waals surface area contributed by atoms with E-state index in [4.69, 9.17) is 4.98 Å². The number of rotatable bonds is 4. The zero-order chi connectivity index (χ0) is 23.1. The molecule has 172 valence electrons. The Labute approximate surface area is 203 Å². The summed E-state index contributed by atoms with van der Waals surface area (Å²) in [4.78, 5) is 18.0. The van der Waals surface area contributed by atoms with Crippen molar-refractivity contribution in [2.24, 2.45) is 0 Å². The fourth-order valence-corrected chi connectivity index (χ4v) is 3.26. The number of halogens is 3. The third-order valence-electron chi connectivity index (χ3n) is 4.95. The Bertz CT molecular complexity index is 1260. The van der Waals surface area contributed by atoms with E-state index in [9.17, 15) is 13.2 Å². The average molecular weight is 632 g/mol. The van der Waals surface area contributed by atoms with Crippen LogP contribution in [0.1, 0.15) is 42.4 Å². The van der Waals surface area contributed by atoms with Crippen molar-refractivity contribution >= 4 is 0 Å². The summed E-state index contributed by atoms with van der Waals surface area (Å²) in [6.07, 6.45) is -2.07. The van der Waals surface area contributed by atoms with Crippen LogP contribution in [0.4, 0.5) is 13.2 Å². The van der Waals surface area contributed by atoms with E-state index in [1.54, 1.807) is 18.2 Å². The molecule has 0 atom stereocenters. The summed E-state index contributed by atoms with van der Waals surface area (Å²) in [5.41, 5.74) is 1.64. The molecule has 0 aliphatic heterocycles. The van der Waals surface area contributed by atoms with E-state index in [0.717, 1.165) is 22.1 Å². The van der Waals surface area contributed by atoms with Crippen molar-refractivity contribution in [3.8, 4) is 17.2 Å². The van der Waals surface area contributed by atoms with Gasteiger partial charge in [-0.2, -0.15) is 19.2 Å². The quantitative estimate of drug-likeness (QED) is 0.306. The molecule has 0 bridgehead atoms. The van der Waals surface area contributed by atoms with Gasteiger partial charge in [0, 0.05) is 16.8 Å². The predicted octanol–water partition coefficient (Wildman–Crippen LogP) is 4.68. The van der Waals surface area contributed by atoms with Crippen molar-refractivity contribution in [1.29, 1.82) is 0 Å². The maximum atomic E-state index is 12.9. The Kier molecular flexibility index (Phi) is 6.84. The number of hydrogen-bond acceptors (Lipinski definition) is 5. The molecule has 0 aromatic carbocycles. The molecule has 0 N–H and O–H groups in total. The van der Waals surface area contributed by atoms with Crippen LogP contribution in [-0.4, -0.2) is 29.7 Å². The molecular weight excluding hydrogens is 612 g/mol. The van der Waals surface area contributed by atoms with Crippen LogP contribution in [-0.2, 0) is 32.7 Å². The number of alkyl halides is 3. The topological polar surface area (TPSA) is 69.4 Å². The molecule has 10 heteroatoms. The van der Waals surface area contributed by atoms with Crippen LogP contribution in [0.2, 0.25) is 0 Å². The number of aryl methyl sites for hydroxylation is 2. The normalized spacial score (nSPS) is 11.8. The van der Waals surface area contributed by atoms with Gasteiger partial charge in [0.1, 0.15) is 5.82 Å². The smallest absolute Gasteiger partial charge is 0.345 e. The molecule has 0 aliphatic rings. The van der Waals surface area contributed by atoms with Crippen molar-refractivity contribution < 1.29 is 34.2 Å². The summed E-state index contributed by atoms with van der Waals surface area (Å²) in [7, 11) is 0. The standard InChI is InChI=1S/C23H19F3N6.Pt/c1-14-13-17(28-15(2)27-14)16-7-5-8-18(29-16)22(3,4)19-9-6-10-21(30-19)32-12-11-20(31-32)23(24,25)26;/h5-11H,1-4H3;/q-2;+2. The van der Waals surface area contributed by atoms with E-state index in [-0.39, 0.29) is 26.9 Å². The molecule has 0 aliphatic carbocycles. The van der Waals surface area contributed by atoms with Crippen molar-refractivity contribution in [2.45, 2.75) is 39.3 Å². The molecular formula is C23H19F3N6Pt.